The summed E-state index contributed by atoms with van der Waals surface area (Å²) in [6, 6.07) is 8.35. The highest BCUT2D eigenvalue weighted by Gasteiger charge is 2.08. The first-order valence-corrected chi connectivity index (χ1v) is 8.74. The van der Waals surface area contributed by atoms with Crippen molar-refractivity contribution in [1.29, 1.82) is 0 Å². The topological polar surface area (TPSA) is 56.7 Å². The highest BCUT2D eigenvalue weighted by molar-refractivity contribution is 5.81. The van der Waals surface area contributed by atoms with Crippen molar-refractivity contribution < 1.29 is 0 Å². The Morgan fingerprint density at radius 2 is 2.04 bits per heavy atom. The van der Waals surface area contributed by atoms with Crippen LogP contribution in [0.5, 0.6) is 0 Å². The molecular weight excluding hydrogens is 320 g/mol. The molecule has 0 unspecified atom stereocenters. The lowest BCUT2D eigenvalue weighted by Gasteiger charge is -2.13. The predicted molar refractivity (Wildman–Crippen MR) is 108 cm³/mol. The van der Waals surface area contributed by atoms with Gasteiger partial charge in [-0.1, -0.05) is 35.9 Å². The van der Waals surface area contributed by atoms with E-state index in [2.05, 4.69) is 65.3 Å². The van der Waals surface area contributed by atoms with Gasteiger partial charge in [0.2, 0.25) is 0 Å². The standard InChI is InChI=1S/C20H19N3.C2H5N/c1-15-4-6-16(7-5-15)14-23-10-8-17-11-19(13-22-20(17)23)18-3-2-9-21-12-18;1-2-3/h2-4,6,8-13H,5,7,14H2,1H3;2H,1,3H2. The third-order valence-electron chi connectivity index (χ3n) is 4.41. The van der Waals surface area contributed by atoms with Crippen molar-refractivity contribution in [3.05, 3.63) is 85.1 Å². The van der Waals surface area contributed by atoms with Gasteiger partial charge in [0.05, 0.1) is 0 Å². The molecule has 0 saturated carbocycles. The van der Waals surface area contributed by atoms with E-state index in [-0.39, 0.29) is 0 Å². The summed E-state index contributed by atoms with van der Waals surface area (Å²) in [6.45, 7) is 6.26. The largest absolute Gasteiger partial charge is 0.405 e. The summed E-state index contributed by atoms with van der Waals surface area (Å²) >= 11 is 0. The van der Waals surface area contributed by atoms with Gasteiger partial charge in [0.25, 0.3) is 0 Å². The van der Waals surface area contributed by atoms with Crippen LogP contribution in [-0.2, 0) is 6.54 Å². The Kier molecular flexibility index (Phi) is 5.64. The number of pyridine rings is 2. The Hall–Kier alpha value is -3.14. The fourth-order valence-electron chi connectivity index (χ4n) is 3.03. The molecule has 0 radical (unpaired) electrons. The minimum absolute atomic E-state index is 0.923. The molecule has 0 saturated heterocycles. The van der Waals surface area contributed by atoms with E-state index in [1.165, 1.54) is 29.2 Å². The molecule has 3 aromatic heterocycles. The van der Waals surface area contributed by atoms with E-state index < -0.39 is 0 Å². The molecule has 1 aliphatic carbocycles. The van der Waals surface area contributed by atoms with Gasteiger partial charge in [0, 0.05) is 47.8 Å². The van der Waals surface area contributed by atoms with Gasteiger partial charge in [0.1, 0.15) is 5.65 Å². The monoisotopic (exact) mass is 344 g/mol. The average Bonchev–Trinajstić information content (AvgIpc) is 3.07. The van der Waals surface area contributed by atoms with E-state index in [0.29, 0.717) is 0 Å². The first kappa shape index (κ1) is 17.7. The number of hydrogen-bond acceptors (Lipinski definition) is 3. The molecule has 26 heavy (non-hydrogen) atoms. The van der Waals surface area contributed by atoms with Crippen molar-refractivity contribution in [2.24, 2.45) is 5.73 Å². The van der Waals surface area contributed by atoms with Gasteiger partial charge in [-0.15, -0.1) is 0 Å². The number of hydrogen-bond donors (Lipinski definition) is 1. The normalized spacial score (nSPS) is 13.4. The molecule has 1 aliphatic rings. The quantitative estimate of drug-likeness (QED) is 0.738. The Morgan fingerprint density at radius 3 is 2.73 bits per heavy atom. The Labute approximate surface area is 154 Å². The van der Waals surface area contributed by atoms with Gasteiger partial charge >= 0.3 is 0 Å². The number of nitrogens with zero attached hydrogens (tertiary/aromatic N) is 3. The summed E-state index contributed by atoms with van der Waals surface area (Å²) in [5.74, 6) is 0. The number of allylic oxidation sites excluding steroid dienone is 4. The Morgan fingerprint density at radius 1 is 1.19 bits per heavy atom. The third kappa shape index (κ3) is 4.09. The van der Waals surface area contributed by atoms with E-state index >= 15 is 0 Å². The third-order valence-corrected chi connectivity index (χ3v) is 4.41. The van der Waals surface area contributed by atoms with Crippen LogP contribution in [-0.4, -0.2) is 14.5 Å². The lowest BCUT2D eigenvalue weighted by molar-refractivity contribution is 0.746. The van der Waals surface area contributed by atoms with Crippen LogP contribution in [0, 0.1) is 0 Å². The molecule has 0 spiro atoms. The maximum atomic E-state index is 4.69. The van der Waals surface area contributed by atoms with Crippen molar-refractivity contribution in [1.82, 2.24) is 14.5 Å². The lowest BCUT2D eigenvalue weighted by atomic mass is 9.99. The summed E-state index contributed by atoms with van der Waals surface area (Å²) in [4.78, 5) is 8.87. The average molecular weight is 344 g/mol. The number of rotatable bonds is 3. The molecule has 0 aliphatic heterocycles. The van der Waals surface area contributed by atoms with Gasteiger partial charge in [0.15, 0.2) is 0 Å². The maximum Gasteiger partial charge on any atom is 0.140 e. The summed E-state index contributed by atoms with van der Waals surface area (Å²) in [5.41, 5.74) is 10.8. The second kappa shape index (κ2) is 8.30. The highest BCUT2D eigenvalue weighted by Crippen LogP contribution is 2.25. The van der Waals surface area contributed by atoms with Gasteiger partial charge in [-0.25, -0.2) is 4.98 Å². The molecule has 2 N–H and O–H groups in total. The fraction of sp³-hybridized carbons (Fsp3) is 0.182. The summed E-state index contributed by atoms with van der Waals surface area (Å²) in [7, 11) is 0. The molecule has 4 heteroatoms. The smallest absolute Gasteiger partial charge is 0.140 e. The Bertz CT molecular complexity index is 949. The van der Waals surface area contributed by atoms with Crippen LogP contribution in [0.3, 0.4) is 0 Å². The lowest BCUT2D eigenvalue weighted by Crippen LogP contribution is -2.03. The highest BCUT2D eigenvalue weighted by atomic mass is 15.0. The number of aromatic nitrogens is 3. The van der Waals surface area contributed by atoms with Crippen LogP contribution in [0.2, 0.25) is 0 Å². The minimum atomic E-state index is 0.923. The zero-order chi connectivity index (χ0) is 18.4. The fourth-order valence-corrected chi connectivity index (χ4v) is 3.03. The van der Waals surface area contributed by atoms with E-state index in [1.54, 1.807) is 6.20 Å². The molecule has 4 rings (SSSR count). The zero-order valence-electron chi connectivity index (χ0n) is 15.1. The van der Waals surface area contributed by atoms with Crippen LogP contribution in [0.25, 0.3) is 22.2 Å². The molecule has 3 heterocycles. The molecule has 0 bridgehead atoms. The van der Waals surface area contributed by atoms with Crippen molar-refractivity contribution in [3.63, 3.8) is 0 Å². The predicted octanol–water partition coefficient (Wildman–Crippen LogP) is 4.85. The SMILES string of the molecule is C=CN.CC1=CC=C(Cn2ccc3cc(-c4cccnc4)cnc32)CC1. The molecule has 0 aromatic carbocycles. The summed E-state index contributed by atoms with van der Waals surface area (Å²) < 4.78 is 2.24. The van der Waals surface area contributed by atoms with Crippen LogP contribution >= 0.6 is 0 Å². The summed E-state index contributed by atoms with van der Waals surface area (Å²) in [5, 5.41) is 1.18. The van der Waals surface area contributed by atoms with Crippen molar-refractivity contribution in [2.45, 2.75) is 26.3 Å². The van der Waals surface area contributed by atoms with Crippen LogP contribution in [0.15, 0.2) is 85.1 Å². The van der Waals surface area contributed by atoms with Gasteiger partial charge in [-0.05, 0) is 44.2 Å². The number of nitrogens with two attached hydrogens (primary N) is 1. The van der Waals surface area contributed by atoms with Crippen LogP contribution in [0.1, 0.15) is 19.8 Å². The molecule has 0 amide bonds. The second-order valence-corrected chi connectivity index (χ2v) is 6.40. The summed E-state index contributed by atoms with van der Waals surface area (Å²) in [6.07, 6.45) is 15.8. The molecular formula is C22H24N4. The van der Waals surface area contributed by atoms with Gasteiger partial charge in [-0.3, -0.25) is 4.98 Å². The molecule has 4 nitrogen and oxygen atoms in total. The van der Waals surface area contributed by atoms with Crippen molar-refractivity contribution >= 4 is 11.0 Å². The van der Waals surface area contributed by atoms with E-state index in [1.807, 2.05) is 18.5 Å². The Balaban J connectivity index is 0.000000613. The van der Waals surface area contributed by atoms with E-state index in [0.717, 1.165) is 29.7 Å². The van der Waals surface area contributed by atoms with E-state index in [9.17, 15) is 0 Å². The van der Waals surface area contributed by atoms with Crippen molar-refractivity contribution in [3.8, 4) is 11.1 Å². The second-order valence-electron chi connectivity index (χ2n) is 6.40. The van der Waals surface area contributed by atoms with Crippen LogP contribution in [0.4, 0.5) is 0 Å². The minimum Gasteiger partial charge on any atom is -0.405 e. The number of fused-ring (bicyclic) bond motifs is 1. The van der Waals surface area contributed by atoms with Gasteiger partial charge in [-0.2, -0.15) is 0 Å². The molecule has 132 valence electrons. The molecule has 3 aromatic rings. The van der Waals surface area contributed by atoms with Crippen molar-refractivity contribution in [2.75, 3.05) is 0 Å². The first-order valence-electron chi connectivity index (χ1n) is 8.74. The zero-order valence-corrected chi connectivity index (χ0v) is 15.1. The molecule has 0 atom stereocenters. The van der Waals surface area contributed by atoms with Gasteiger partial charge < -0.3 is 10.3 Å². The first-order chi connectivity index (χ1) is 12.7. The van der Waals surface area contributed by atoms with Crippen LogP contribution < -0.4 is 5.73 Å². The van der Waals surface area contributed by atoms with E-state index in [4.69, 9.17) is 4.98 Å². The molecule has 0 fully saturated rings. The maximum absolute atomic E-state index is 4.69.